The lowest BCUT2D eigenvalue weighted by Gasteiger charge is -2.27. The summed E-state index contributed by atoms with van der Waals surface area (Å²) in [6, 6.07) is 4.26. The number of carboxylic acid groups (broad SMARTS) is 1. The van der Waals surface area contributed by atoms with Crippen molar-refractivity contribution in [2.45, 2.75) is 58.2 Å². The van der Waals surface area contributed by atoms with E-state index in [9.17, 15) is 14.3 Å². The first-order chi connectivity index (χ1) is 9.85. The van der Waals surface area contributed by atoms with Crippen molar-refractivity contribution in [2.24, 2.45) is 0 Å². The minimum Gasteiger partial charge on any atom is -0.481 e. The second kappa shape index (κ2) is 8.10. The largest absolute Gasteiger partial charge is 0.481 e. The van der Waals surface area contributed by atoms with Gasteiger partial charge in [0.2, 0.25) is 0 Å². The molecule has 0 bridgehead atoms. The molecule has 21 heavy (non-hydrogen) atoms. The van der Waals surface area contributed by atoms with Gasteiger partial charge >= 0.3 is 5.97 Å². The highest BCUT2D eigenvalue weighted by atomic mass is 19.1. The fourth-order valence-electron chi connectivity index (χ4n) is 2.18. The summed E-state index contributed by atoms with van der Waals surface area (Å²) in [7, 11) is 0. The van der Waals surface area contributed by atoms with Crippen molar-refractivity contribution in [3.63, 3.8) is 0 Å². The zero-order chi connectivity index (χ0) is 16.0. The SMILES string of the molecule is CCC(C)NC(CCC(=O)O)C(O)c1ccc(F)c(C)c1. The minimum atomic E-state index is -0.895. The Labute approximate surface area is 125 Å². The van der Waals surface area contributed by atoms with Gasteiger partial charge in [-0.3, -0.25) is 4.79 Å². The zero-order valence-corrected chi connectivity index (χ0v) is 12.8. The molecule has 0 aliphatic rings. The summed E-state index contributed by atoms with van der Waals surface area (Å²) in [4.78, 5) is 10.8. The lowest BCUT2D eigenvalue weighted by molar-refractivity contribution is -0.137. The van der Waals surface area contributed by atoms with Crippen molar-refractivity contribution in [1.82, 2.24) is 5.32 Å². The highest BCUT2D eigenvalue weighted by molar-refractivity contribution is 5.66. The van der Waals surface area contributed by atoms with Crippen molar-refractivity contribution in [2.75, 3.05) is 0 Å². The first-order valence-electron chi connectivity index (χ1n) is 7.27. The summed E-state index contributed by atoms with van der Waals surface area (Å²) in [5.41, 5.74) is 1.06. The van der Waals surface area contributed by atoms with E-state index < -0.39 is 12.1 Å². The maximum Gasteiger partial charge on any atom is 0.303 e. The summed E-state index contributed by atoms with van der Waals surface area (Å²) < 4.78 is 13.3. The van der Waals surface area contributed by atoms with Crippen LogP contribution in [0.15, 0.2) is 18.2 Å². The van der Waals surface area contributed by atoms with E-state index in [2.05, 4.69) is 5.32 Å². The normalized spacial score (nSPS) is 15.5. The average molecular weight is 297 g/mol. The second-order valence-electron chi connectivity index (χ2n) is 5.47. The van der Waals surface area contributed by atoms with Crippen LogP contribution in [-0.4, -0.2) is 28.3 Å². The number of benzene rings is 1. The first kappa shape index (κ1) is 17.6. The van der Waals surface area contributed by atoms with Crippen molar-refractivity contribution in [1.29, 1.82) is 0 Å². The molecule has 0 saturated heterocycles. The molecule has 1 rings (SSSR count). The van der Waals surface area contributed by atoms with Gasteiger partial charge in [0.1, 0.15) is 5.82 Å². The molecule has 4 nitrogen and oxygen atoms in total. The van der Waals surface area contributed by atoms with E-state index in [1.165, 1.54) is 6.07 Å². The van der Waals surface area contributed by atoms with E-state index in [1.807, 2.05) is 13.8 Å². The summed E-state index contributed by atoms with van der Waals surface area (Å²) in [6.07, 6.45) is 0.305. The van der Waals surface area contributed by atoms with Gasteiger partial charge in [0, 0.05) is 18.5 Å². The molecule has 0 radical (unpaired) electrons. The van der Waals surface area contributed by atoms with Crippen LogP contribution in [0.3, 0.4) is 0 Å². The summed E-state index contributed by atoms with van der Waals surface area (Å²) in [6.45, 7) is 5.64. The third kappa shape index (κ3) is 5.44. The molecule has 3 atom stereocenters. The number of carboxylic acids is 1. The number of hydrogen-bond donors (Lipinski definition) is 3. The lowest BCUT2D eigenvalue weighted by atomic mass is 9.96. The number of aliphatic hydroxyl groups excluding tert-OH is 1. The van der Waals surface area contributed by atoms with E-state index in [4.69, 9.17) is 5.11 Å². The molecular formula is C16H24FNO3. The van der Waals surface area contributed by atoms with Gasteiger partial charge in [-0.2, -0.15) is 0 Å². The quantitative estimate of drug-likeness (QED) is 0.690. The van der Waals surface area contributed by atoms with Gasteiger partial charge in [-0.15, -0.1) is 0 Å². The zero-order valence-electron chi connectivity index (χ0n) is 12.8. The molecule has 0 aliphatic carbocycles. The van der Waals surface area contributed by atoms with E-state index in [-0.39, 0.29) is 24.3 Å². The van der Waals surface area contributed by atoms with Crippen molar-refractivity contribution in [3.05, 3.63) is 35.1 Å². The van der Waals surface area contributed by atoms with Crippen LogP contribution >= 0.6 is 0 Å². The highest BCUT2D eigenvalue weighted by Crippen LogP contribution is 2.23. The van der Waals surface area contributed by atoms with E-state index >= 15 is 0 Å². The Morgan fingerprint density at radius 1 is 1.43 bits per heavy atom. The number of hydrogen-bond acceptors (Lipinski definition) is 3. The number of aryl methyl sites for hydroxylation is 1. The number of halogens is 1. The maximum atomic E-state index is 13.3. The molecule has 118 valence electrons. The molecule has 1 aromatic rings. The van der Waals surface area contributed by atoms with Gasteiger partial charge in [-0.05, 0) is 43.9 Å². The smallest absolute Gasteiger partial charge is 0.303 e. The van der Waals surface area contributed by atoms with Crippen molar-refractivity contribution < 1.29 is 19.4 Å². The van der Waals surface area contributed by atoms with Crippen molar-refractivity contribution in [3.8, 4) is 0 Å². The van der Waals surface area contributed by atoms with E-state index in [1.54, 1.807) is 19.1 Å². The van der Waals surface area contributed by atoms with Crippen LogP contribution in [0.4, 0.5) is 4.39 Å². The van der Waals surface area contributed by atoms with Crippen LogP contribution in [0.25, 0.3) is 0 Å². The van der Waals surface area contributed by atoms with Gasteiger partial charge in [-0.1, -0.05) is 19.1 Å². The number of aliphatic hydroxyl groups is 1. The fraction of sp³-hybridized carbons (Fsp3) is 0.562. The Balaban J connectivity index is 2.88. The number of nitrogens with one attached hydrogen (secondary N) is 1. The molecule has 1 aromatic carbocycles. The molecule has 3 unspecified atom stereocenters. The topological polar surface area (TPSA) is 69.6 Å². The van der Waals surface area contributed by atoms with Gasteiger partial charge in [0.25, 0.3) is 0 Å². The second-order valence-corrected chi connectivity index (χ2v) is 5.47. The molecule has 0 spiro atoms. The molecule has 5 heteroatoms. The first-order valence-corrected chi connectivity index (χ1v) is 7.27. The van der Waals surface area contributed by atoms with Crippen LogP contribution in [0.5, 0.6) is 0 Å². The summed E-state index contributed by atoms with van der Waals surface area (Å²) >= 11 is 0. The molecule has 0 saturated carbocycles. The Morgan fingerprint density at radius 2 is 2.10 bits per heavy atom. The predicted molar refractivity (Wildman–Crippen MR) is 79.6 cm³/mol. The Morgan fingerprint density at radius 3 is 2.62 bits per heavy atom. The molecule has 3 N–H and O–H groups in total. The predicted octanol–water partition coefficient (Wildman–Crippen LogP) is 2.79. The average Bonchev–Trinajstić information content (AvgIpc) is 2.45. The molecule has 0 heterocycles. The maximum absolute atomic E-state index is 13.3. The van der Waals surface area contributed by atoms with E-state index in [0.717, 1.165) is 6.42 Å². The monoisotopic (exact) mass is 297 g/mol. The van der Waals surface area contributed by atoms with Gasteiger partial charge in [0.05, 0.1) is 6.10 Å². The number of rotatable bonds is 8. The van der Waals surface area contributed by atoms with Gasteiger partial charge < -0.3 is 15.5 Å². The molecule has 0 amide bonds. The van der Waals surface area contributed by atoms with Crippen LogP contribution < -0.4 is 5.32 Å². The summed E-state index contributed by atoms with van der Waals surface area (Å²) in [5.74, 6) is -1.21. The molecule has 0 aliphatic heterocycles. The lowest BCUT2D eigenvalue weighted by Crippen LogP contribution is -2.40. The van der Waals surface area contributed by atoms with Crippen LogP contribution in [0.1, 0.15) is 50.3 Å². The van der Waals surface area contributed by atoms with E-state index in [0.29, 0.717) is 17.5 Å². The molecule has 0 aromatic heterocycles. The standard InChI is InChI=1S/C16H24FNO3/c1-4-11(3)18-14(7-8-15(19)20)16(21)12-5-6-13(17)10(2)9-12/h5-6,9,11,14,16,18,21H,4,7-8H2,1-3H3,(H,19,20). The summed E-state index contributed by atoms with van der Waals surface area (Å²) in [5, 5.41) is 22.5. The fourth-order valence-corrected chi connectivity index (χ4v) is 2.18. The Bertz CT molecular complexity index is 479. The molecular weight excluding hydrogens is 273 g/mol. The van der Waals surface area contributed by atoms with Gasteiger partial charge in [-0.25, -0.2) is 4.39 Å². The Hall–Kier alpha value is -1.46. The number of aliphatic carboxylic acids is 1. The Kier molecular flexibility index (Phi) is 6.78. The van der Waals surface area contributed by atoms with Crippen LogP contribution in [0, 0.1) is 12.7 Å². The van der Waals surface area contributed by atoms with Crippen molar-refractivity contribution >= 4 is 5.97 Å². The highest BCUT2D eigenvalue weighted by Gasteiger charge is 2.23. The van der Waals surface area contributed by atoms with Crippen LogP contribution in [0.2, 0.25) is 0 Å². The van der Waals surface area contributed by atoms with Gasteiger partial charge in [0.15, 0.2) is 0 Å². The number of carbonyl (C=O) groups is 1. The molecule has 0 fully saturated rings. The minimum absolute atomic E-state index is 0.0225. The van der Waals surface area contributed by atoms with Crippen LogP contribution in [-0.2, 0) is 4.79 Å². The third-order valence-corrected chi connectivity index (χ3v) is 3.68. The third-order valence-electron chi connectivity index (χ3n) is 3.68.